The van der Waals surface area contributed by atoms with Gasteiger partial charge in [-0.3, -0.25) is 14.9 Å². The van der Waals surface area contributed by atoms with E-state index in [1.54, 1.807) is 12.2 Å². The Labute approximate surface area is 157 Å². The SMILES string of the molecule is CCOc1ccc(NC(=O)C[C@@H]([NH2+]CCC[NH+](C)C)C(=O)[O-])c([N+](=O)[O-])c1. The summed E-state index contributed by atoms with van der Waals surface area (Å²) in [6, 6.07) is 3.02. The standard InChI is InChI=1S/C17H26N4O6/c1-4-27-12-6-7-13(15(10-12)21(25)26)19-16(22)11-14(17(23)24)18-8-5-9-20(2)3/h6-7,10,14,18H,4-5,8-9,11H2,1-3H3,(H,19,22)(H,23,24)/p+1/t14-/m1/s1. The molecule has 0 aliphatic heterocycles. The molecule has 1 amide bonds. The summed E-state index contributed by atoms with van der Waals surface area (Å²) < 4.78 is 5.21. The largest absolute Gasteiger partial charge is 0.544 e. The molecule has 1 rings (SSSR count). The van der Waals surface area contributed by atoms with E-state index in [4.69, 9.17) is 4.74 Å². The van der Waals surface area contributed by atoms with Crippen LogP contribution in [0.15, 0.2) is 18.2 Å². The second-order valence-corrected chi connectivity index (χ2v) is 6.38. The number of nitrogens with zero attached hydrogens (tertiary/aromatic N) is 1. The van der Waals surface area contributed by atoms with E-state index >= 15 is 0 Å². The molecule has 0 unspecified atom stereocenters. The van der Waals surface area contributed by atoms with Gasteiger partial charge in [0.2, 0.25) is 5.91 Å². The summed E-state index contributed by atoms with van der Waals surface area (Å²) in [5, 5.41) is 26.4. The number of rotatable bonds is 12. The summed E-state index contributed by atoms with van der Waals surface area (Å²) in [5.41, 5.74) is -0.334. The smallest absolute Gasteiger partial charge is 0.296 e. The Bertz CT molecular complexity index is 665. The second kappa shape index (κ2) is 11.1. The first-order valence-electron chi connectivity index (χ1n) is 8.78. The molecule has 0 spiro atoms. The number of amides is 1. The molecular weight excluding hydrogens is 356 g/mol. The maximum Gasteiger partial charge on any atom is 0.296 e. The van der Waals surface area contributed by atoms with Crippen LogP contribution in [-0.4, -0.2) is 56.6 Å². The van der Waals surface area contributed by atoms with Crippen molar-refractivity contribution >= 4 is 23.3 Å². The number of benzene rings is 1. The van der Waals surface area contributed by atoms with Gasteiger partial charge in [-0.25, -0.2) is 0 Å². The highest BCUT2D eigenvalue weighted by Gasteiger charge is 2.22. The maximum absolute atomic E-state index is 12.2. The van der Waals surface area contributed by atoms with Gasteiger partial charge in [-0.05, 0) is 19.1 Å². The number of ether oxygens (including phenoxy) is 1. The fourth-order valence-corrected chi connectivity index (χ4v) is 2.46. The first kappa shape index (κ1) is 22.3. The molecule has 1 aromatic carbocycles. The van der Waals surface area contributed by atoms with Crippen molar-refractivity contribution in [3.05, 3.63) is 28.3 Å². The van der Waals surface area contributed by atoms with Gasteiger partial charge in [-0.2, -0.15) is 0 Å². The number of hydrogen-bond acceptors (Lipinski definition) is 6. The van der Waals surface area contributed by atoms with Crippen molar-refractivity contribution in [1.29, 1.82) is 0 Å². The minimum absolute atomic E-state index is 0.0123. The van der Waals surface area contributed by atoms with Gasteiger partial charge in [0.25, 0.3) is 5.69 Å². The number of nitro benzene ring substituents is 1. The molecule has 0 radical (unpaired) electrons. The van der Waals surface area contributed by atoms with Crippen LogP contribution in [0.2, 0.25) is 0 Å². The Morgan fingerprint density at radius 2 is 2.07 bits per heavy atom. The minimum atomic E-state index is -1.34. The van der Waals surface area contributed by atoms with Crippen LogP contribution in [0.3, 0.4) is 0 Å². The van der Waals surface area contributed by atoms with Gasteiger partial charge in [-0.15, -0.1) is 0 Å². The summed E-state index contributed by atoms with van der Waals surface area (Å²) in [7, 11) is 3.99. The van der Waals surface area contributed by atoms with Crippen molar-refractivity contribution in [2.45, 2.75) is 25.8 Å². The van der Waals surface area contributed by atoms with Crippen molar-refractivity contribution < 1.29 is 34.6 Å². The Balaban J connectivity index is 2.72. The van der Waals surface area contributed by atoms with E-state index in [0.717, 1.165) is 13.0 Å². The van der Waals surface area contributed by atoms with Crippen molar-refractivity contribution in [3.8, 4) is 5.75 Å². The molecule has 4 N–H and O–H groups in total. The number of quaternary nitrogens is 2. The molecule has 1 atom stereocenters. The number of hydrogen-bond donors (Lipinski definition) is 3. The second-order valence-electron chi connectivity index (χ2n) is 6.38. The van der Waals surface area contributed by atoms with Crippen LogP contribution >= 0.6 is 0 Å². The predicted molar refractivity (Wildman–Crippen MR) is 95.4 cm³/mol. The first-order chi connectivity index (χ1) is 12.7. The Morgan fingerprint density at radius 3 is 2.63 bits per heavy atom. The highest BCUT2D eigenvalue weighted by molar-refractivity contribution is 5.95. The van der Waals surface area contributed by atoms with E-state index < -0.39 is 22.8 Å². The summed E-state index contributed by atoms with van der Waals surface area (Å²) in [6.45, 7) is 3.51. The molecule has 0 saturated heterocycles. The number of carboxylic acid groups (broad SMARTS) is 1. The summed E-state index contributed by atoms with van der Waals surface area (Å²) >= 11 is 0. The highest BCUT2D eigenvalue weighted by Crippen LogP contribution is 2.29. The van der Waals surface area contributed by atoms with Gasteiger partial charge in [-0.1, -0.05) is 0 Å². The molecule has 0 aliphatic rings. The van der Waals surface area contributed by atoms with Gasteiger partial charge in [0.05, 0.1) is 57.2 Å². The molecule has 0 bridgehead atoms. The number of anilines is 1. The fourth-order valence-electron chi connectivity index (χ4n) is 2.46. The van der Waals surface area contributed by atoms with Crippen LogP contribution in [0, 0.1) is 10.1 Å². The Morgan fingerprint density at radius 1 is 1.37 bits per heavy atom. The fraction of sp³-hybridized carbons (Fsp3) is 0.529. The van der Waals surface area contributed by atoms with Crippen molar-refractivity contribution in [1.82, 2.24) is 0 Å². The monoisotopic (exact) mass is 383 g/mol. The van der Waals surface area contributed by atoms with Crippen LogP contribution in [0.4, 0.5) is 11.4 Å². The van der Waals surface area contributed by atoms with E-state index in [9.17, 15) is 24.8 Å². The zero-order valence-electron chi connectivity index (χ0n) is 15.8. The summed E-state index contributed by atoms with van der Waals surface area (Å²) in [5.74, 6) is -1.67. The van der Waals surface area contributed by atoms with E-state index in [0.29, 0.717) is 18.9 Å². The third kappa shape index (κ3) is 8.01. The Kier molecular flexibility index (Phi) is 9.17. The third-order valence-corrected chi connectivity index (χ3v) is 3.79. The van der Waals surface area contributed by atoms with Crippen LogP contribution in [0.25, 0.3) is 0 Å². The summed E-state index contributed by atoms with van der Waals surface area (Å²) in [6.07, 6.45) is 0.444. The zero-order valence-corrected chi connectivity index (χ0v) is 15.8. The van der Waals surface area contributed by atoms with E-state index in [1.807, 2.05) is 14.1 Å². The lowest BCUT2D eigenvalue weighted by Crippen LogP contribution is -3.06. The van der Waals surface area contributed by atoms with Crippen LogP contribution in [0.5, 0.6) is 5.75 Å². The third-order valence-electron chi connectivity index (χ3n) is 3.79. The predicted octanol–water partition coefficient (Wildman–Crippen LogP) is -2.46. The van der Waals surface area contributed by atoms with Crippen LogP contribution < -0.4 is 25.4 Å². The molecule has 0 fully saturated rings. The topological polar surface area (TPSA) is 143 Å². The van der Waals surface area contributed by atoms with Gasteiger partial charge in [0, 0.05) is 6.42 Å². The minimum Gasteiger partial charge on any atom is -0.544 e. The Hall–Kier alpha value is -2.72. The molecule has 150 valence electrons. The number of carbonyl (C=O) groups excluding carboxylic acids is 2. The zero-order chi connectivity index (χ0) is 20.4. The van der Waals surface area contributed by atoms with Gasteiger partial charge >= 0.3 is 0 Å². The lowest BCUT2D eigenvalue weighted by atomic mass is 10.1. The molecule has 10 nitrogen and oxygen atoms in total. The van der Waals surface area contributed by atoms with E-state index in [2.05, 4.69) is 5.32 Å². The molecule has 0 saturated carbocycles. The lowest BCUT2D eigenvalue weighted by Gasteiger charge is -2.17. The number of carbonyl (C=O) groups is 2. The number of aliphatic carboxylic acids is 1. The lowest BCUT2D eigenvalue weighted by molar-refractivity contribution is -0.860. The molecule has 1 aromatic rings. The molecule has 10 heteroatoms. The van der Waals surface area contributed by atoms with E-state index in [1.165, 1.54) is 23.1 Å². The average molecular weight is 383 g/mol. The van der Waals surface area contributed by atoms with Gasteiger partial charge in [0.15, 0.2) is 0 Å². The number of nitrogens with two attached hydrogens (primary N) is 1. The molecular formula is C17H27N4O6+. The summed E-state index contributed by atoms with van der Waals surface area (Å²) in [4.78, 5) is 35.2. The van der Waals surface area contributed by atoms with Gasteiger partial charge < -0.3 is 30.2 Å². The average Bonchev–Trinajstić information content (AvgIpc) is 2.58. The molecule has 27 heavy (non-hydrogen) atoms. The molecule has 0 aromatic heterocycles. The molecule has 0 heterocycles. The first-order valence-corrected chi connectivity index (χ1v) is 8.78. The normalized spacial score (nSPS) is 11.9. The highest BCUT2D eigenvalue weighted by atomic mass is 16.6. The maximum atomic E-state index is 12.2. The van der Waals surface area contributed by atoms with Gasteiger partial charge in [0.1, 0.15) is 17.5 Å². The number of nitro groups is 1. The molecule has 0 aliphatic carbocycles. The van der Waals surface area contributed by atoms with E-state index in [-0.39, 0.29) is 17.8 Å². The van der Waals surface area contributed by atoms with Crippen LogP contribution in [0.1, 0.15) is 19.8 Å². The van der Waals surface area contributed by atoms with Crippen molar-refractivity contribution in [3.63, 3.8) is 0 Å². The van der Waals surface area contributed by atoms with Crippen molar-refractivity contribution in [2.75, 3.05) is 39.1 Å². The van der Waals surface area contributed by atoms with Crippen molar-refractivity contribution in [2.24, 2.45) is 0 Å². The van der Waals surface area contributed by atoms with Crippen LogP contribution in [-0.2, 0) is 9.59 Å². The number of carboxylic acids is 1. The number of nitrogens with one attached hydrogen (secondary N) is 2. The quantitative estimate of drug-likeness (QED) is 0.208.